The van der Waals surface area contributed by atoms with Gasteiger partial charge in [0, 0.05) is 12.2 Å². The molecule has 0 bridgehead atoms. The van der Waals surface area contributed by atoms with E-state index in [-0.39, 0.29) is 12.6 Å². The van der Waals surface area contributed by atoms with E-state index < -0.39 is 12.3 Å². The first-order valence-corrected chi connectivity index (χ1v) is 7.51. The van der Waals surface area contributed by atoms with Gasteiger partial charge >= 0.3 is 6.18 Å². The lowest BCUT2D eigenvalue weighted by Crippen LogP contribution is -2.40. The van der Waals surface area contributed by atoms with Crippen LogP contribution in [0.1, 0.15) is 48.9 Å². The van der Waals surface area contributed by atoms with Gasteiger partial charge in [0.15, 0.2) is 6.10 Å². The molecular formula is C14H20F3N3O. The average molecular weight is 303 g/mol. The van der Waals surface area contributed by atoms with E-state index in [1.54, 1.807) is 4.90 Å². The molecule has 1 aliphatic heterocycles. The van der Waals surface area contributed by atoms with Gasteiger partial charge in [-0.15, -0.1) is 0 Å². The maximum atomic E-state index is 12.5. The van der Waals surface area contributed by atoms with Crippen LogP contribution in [0.25, 0.3) is 0 Å². The predicted molar refractivity (Wildman–Crippen MR) is 70.8 cm³/mol. The molecule has 1 aromatic rings. The molecule has 4 nitrogen and oxygen atoms in total. The van der Waals surface area contributed by atoms with E-state index in [0.29, 0.717) is 6.54 Å². The average Bonchev–Trinajstić information content (AvgIpc) is 3.02. The third-order valence-corrected chi connectivity index (χ3v) is 4.44. The first-order chi connectivity index (χ1) is 9.95. The van der Waals surface area contributed by atoms with Gasteiger partial charge in [0.1, 0.15) is 5.82 Å². The van der Waals surface area contributed by atoms with Gasteiger partial charge in [0.05, 0.1) is 11.7 Å². The maximum absolute atomic E-state index is 12.5. The zero-order chi connectivity index (χ0) is 15.0. The second kappa shape index (κ2) is 5.61. The minimum Gasteiger partial charge on any atom is -0.382 e. The second-order valence-corrected chi connectivity index (χ2v) is 5.96. The van der Waals surface area contributed by atoms with Crippen LogP contribution in [-0.4, -0.2) is 45.3 Å². The van der Waals surface area contributed by atoms with Gasteiger partial charge in [-0.05, 0) is 45.1 Å². The van der Waals surface area contributed by atoms with Crippen LogP contribution in [0, 0.1) is 0 Å². The molecular weight excluding hydrogens is 283 g/mol. The zero-order valence-electron chi connectivity index (χ0n) is 11.8. The molecule has 2 heterocycles. The molecule has 21 heavy (non-hydrogen) atoms. The maximum Gasteiger partial charge on any atom is 0.415 e. The Morgan fingerprint density at radius 2 is 2.05 bits per heavy atom. The lowest BCUT2D eigenvalue weighted by molar-refractivity contribution is -0.208. The Hall–Kier alpha value is -1.08. The molecule has 0 saturated carbocycles. The summed E-state index contributed by atoms with van der Waals surface area (Å²) in [5.41, 5.74) is 2.21. The number of β-amino-alcohol motifs (C(OH)–C–C–N with tert-alkyl or cyclic N) is 1. The molecule has 1 aliphatic carbocycles. The number of aromatic nitrogens is 2. The highest BCUT2D eigenvalue weighted by Crippen LogP contribution is 2.33. The van der Waals surface area contributed by atoms with Gasteiger partial charge in [-0.2, -0.15) is 13.2 Å². The minimum atomic E-state index is -4.56. The number of hydrogen-bond acceptors (Lipinski definition) is 3. The molecule has 1 aromatic heterocycles. The summed E-state index contributed by atoms with van der Waals surface area (Å²) in [6.07, 6.45) is -1.05. The Morgan fingerprint density at radius 1 is 1.29 bits per heavy atom. The van der Waals surface area contributed by atoms with Gasteiger partial charge in [-0.3, -0.25) is 4.90 Å². The molecule has 0 radical (unpaired) electrons. The van der Waals surface area contributed by atoms with Gasteiger partial charge < -0.3 is 10.1 Å². The Morgan fingerprint density at radius 3 is 2.76 bits per heavy atom. The molecule has 3 rings (SSSR count). The third kappa shape index (κ3) is 3.08. The number of nitrogens with one attached hydrogen (secondary N) is 1. The summed E-state index contributed by atoms with van der Waals surface area (Å²) >= 11 is 0. The smallest absolute Gasteiger partial charge is 0.382 e. The molecule has 0 aromatic carbocycles. The van der Waals surface area contributed by atoms with E-state index in [1.165, 1.54) is 0 Å². The molecule has 2 N–H and O–H groups in total. The lowest BCUT2D eigenvalue weighted by Gasteiger charge is -2.26. The van der Waals surface area contributed by atoms with Crippen LogP contribution in [0.4, 0.5) is 13.2 Å². The fourth-order valence-corrected chi connectivity index (χ4v) is 3.31. The highest BCUT2D eigenvalue weighted by Gasteiger charge is 2.41. The molecule has 2 atom stereocenters. The van der Waals surface area contributed by atoms with Gasteiger partial charge in [0.25, 0.3) is 0 Å². The van der Waals surface area contributed by atoms with Crippen molar-refractivity contribution in [3.05, 3.63) is 17.2 Å². The highest BCUT2D eigenvalue weighted by molar-refractivity contribution is 5.19. The largest absolute Gasteiger partial charge is 0.415 e. The van der Waals surface area contributed by atoms with Crippen LogP contribution in [0.15, 0.2) is 0 Å². The Kier molecular flexibility index (Phi) is 3.96. The predicted octanol–water partition coefficient (Wildman–Crippen LogP) is 2.35. The van der Waals surface area contributed by atoms with E-state index in [9.17, 15) is 18.3 Å². The summed E-state index contributed by atoms with van der Waals surface area (Å²) in [5, 5.41) is 9.28. The zero-order valence-corrected chi connectivity index (χ0v) is 11.8. The van der Waals surface area contributed by atoms with E-state index in [1.807, 2.05) is 0 Å². The quantitative estimate of drug-likeness (QED) is 0.901. The number of aryl methyl sites for hydroxylation is 2. The molecule has 0 amide bonds. The molecule has 0 unspecified atom stereocenters. The summed E-state index contributed by atoms with van der Waals surface area (Å²) in [6, 6.07) is -0.132. The van der Waals surface area contributed by atoms with Crippen molar-refractivity contribution in [3.63, 3.8) is 0 Å². The highest BCUT2D eigenvalue weighted by atomic mass is 19.4. The number of aromatic amines is 1. The molecule has 7 heteroatoms. The summed E-state index contributed by atoms with van der Waals surface area (Å²) in [5.74, 6) is 0.772. The third-order valence-electron chi connectivity index (χ3n) is 4.44. The summed E-state index contributed by atoms with van der Waals surface area (Å²) < 4.78 is 37.6. The SMILES string of the molecule is O[C@@H](CN1CCC[C@@H]1c1nc2c([nH]1)CCCC2)C(F)(F)F. The van der Waals surface area contributed by atoms with Crippen LogP contribution in [-0.2, 0) is 12.8 Å². The van der Waals surface area contributed by atoms with Crippen LogP contribution >= 0.6 is 0 Å². The topological polar surface area (TPSA) is 52.1 Å². The Labute approximate surface area is 121 Å². The number of imidazole rings is 1. The number of alkyl halides is 3. The van der Waals surface area contributed by atoms with E-state index in [2.05, 4.69) is 9.97 Å². The van der Waals surface area contributed by atoms with Gasteiger partial charge in [-0.25, -0.2) is 4.98 Å². The number of fused-ring (bicyclic) bond motifs is 1. The van der Waals surface area contributed by atoms with Gasteiger partial charge in [-0.1, -0.05) is 0 Å². The number of likely N-dealkylation sites (tertiary alicyclic amines) is 1. The molecule has 0 spiro atoms. The van der Waals surface area contributed by atoms with E-state index in [4.69, 9.17) is 0 Å². The Bertz CT molecular complexity index is 477. The number of aliphatic hydroxyl groups is 1. The van der Waals surface area contributed by atoms with Crippen LogP contribution in [0.5, 0.6) is 0 Å². The van der Waals surface area contributed by atoms with Crippen molar-refractivity contribution in [1.82, 2.24) is 14.9 Å². The van der Waals surface area contributed by atoms with Crippen molar-refractivity contribution in [3.8, 4) is 0 Å². The molecule has 2 aliphatic rings. The monoisotopic (exact) mass is 303 g/mol. The van der Waals surface area contributed by atoms with Gasteiger partial charge in [0.2, 0.25) is 0 Å². The van der Waals surface area contributed by atoms with Crippen LogP contribution < -0.4 is 0 Å². The number of hydrogen-bond donors (Lipinski definition) is 2. The van der Waals surface area contributed by atoms with Crippen molar-refractivity contribution in [2.75, 3.05) is 13.1 Å². The molecule has 1 fully saturated rings. The second-order valence-electron chi connectivity index (χ2n) is 5.96. The minimum absolute atomic E-state index is 0.132. The van der Waals surface area contributed by atoms with Crippen molar-refractivity contribution in [1.29, 1.82) is 0 Å². The molecule has 118 valence electrons. The first kappa shape index (κ1) is 14.8. The number of nitrogens with zero attached hydrogens (tertiary/aromatic N) is 2. The summed E-state index contributed by atoms with van der Waals surface area (Å²) in [4.78, 5) is 9.59. The number of H-pyrrole nitrogens is 1. The van der Waals surface area contributed by atoms with E-state index >= 15 is 0 Å². The standard InChI is InChI=1S/C14H20F3N3O/c15-14(16,17)12(21)8-20-7-3-6-11(20)13-18-9-4-1-2-5-10(9)19-13/h11-12,21H,1-8H2,(H,18,19)/t11-,12+/m1/s1. The lowest BCUT2D eigenvalue weighted by atomic mass is 10.0. The fourth-order valence-electron chi connectivity index (χ4n) is 3.31. The van der Waals surface area contributed by atoms with Crippen molar-refractivity contribution in [2.45, 2.75) is 56.8 Å². The van der Waals surface area contributed by atoms with Crippen molar-refractivity contribution < 1.29 is 18.3 Å². The van der Waals surface area contributed by atoms with E-state index in [0.717, 1.165) is 55.7 Å². The van der Waals surface area contributed by atoms with Crippen LogP contribution in [0.3, 0.4) is 0 Å². The fraction of sp³-hybridized carbons (Fsp3) is 0.786. The number of halogens is 3. The normalized spacial score (nSPS) is 25.0. The van der Waals surface area contributed by atoms with Crippen molar-refractivity contribution in [2.24, 2.45) is 0 Å². The van der Waals surface area contributed by atoms with Crippen LogP contribution in [0.2, 0.25) is 0 Å². The van der Waals surface area contributed by atoms with Crippen molar-refractivity contribution >= 4 is 0 Å². The summed E-state index contributed by atoms with van der Waals surface area (Å²) in [6.45, 7) is 0.197. The molecule has 1 saturated heterocycles. The number of aliphatic hydroxyl groups excluding tert-OH is 1. The number of rotatable bonds is 3. The summed E-state index contributed by atoms with van der Waals surface area (Å²) in [7, 11) is 0. The first-order valence-electron chi connectivity index (χ1n) is 7.51. The Balaban J connectivity index is 1.73.